The average molecular weight is 214 g/mol. The van der Waals surface area contributed by atoms with Gasteiger partial charge in [0.25, 0.3) is 0 Å². The van der Waals surface area contributed by atoms with E-state index in [1.54, 1.807) is 0 Å². The van der Waals surface area contributed by atoms with E-state index in [4.69, 9.17) is 15.2 Å². The summed E-state index contributed by atoms with van der Waals surface area (Å²) < 4.78 is 11.1. The number of ether oxygens (including phenoxy) is 2. The van der Waals surface area contributed by atoms with E-state index in [9.17, 15) is 0 Å². The van der Waals surface area contributed by atoms with Gasteiger partial charge < -0.3 is 15.2 Å². The van der Waals surface area contributed by atoms with Crippen LogP contribution >= 0.6 is 0 Å². The van der Waals surface area contributed by atoms with Gasteiger partial charge in [0.15, 0.2) is 0 Å². The first-order chi connectivity index (χ1) is 7.38. The fourth-order valence-corrected chi connectivity index (χ4v) is 1.85. The van der Waals surface area contributed by atoms with Crippen LogP contribution in [-0.2, 0) is 9.47 Å². The summed E-state index contributed by atoms with van der Waals surface area (Å²) in [4.78, 5) is 2.38. The summed E-state index contributed by atoms with van der Waals surface area (Å²) in [6.45, 7) is 6.25. The fourth-order valence-electron chi connectivity index (χ4n) is 1.85. The smallest absolute Gasteiger partial charge is 0.0824 e. The molecule has 15 heavy (non-hydrogen) atoms. The Morgan fingerprint density at radius 3 is 3.00 bits per heavy atom. The number of rotatable bonds is 6. The van der Waals surface area contributed by atoms with Crippen molar-refractivity contribution in [3.63, 3.8) is 0 Å². The largest absolute Gasteiger partial charge is 0.380 e. The molecule has 0 bridgehead atoms. The molecule has 1 saturated carbocycles. The predicted octanol–water partition coefficient (Wildman–Crippen LogP) is 0.0725. The van der Waals surface area contributed by atoms with Gasteiger partial charge >= 0.3 is 0 Å². The maximum absolute atomic E-state index is 5.62. The average Bonchev–Trinajstić information content (AvgIpc) is 3.09. The molecule has 1 saturated heterocycles. The zero-order chi connectivity index (χ0) is 10.5. The monoisotopic (exact) mass is 214 g/mol. The second-order valence-corrected chi connectivity index (χ2v) is 4.55. The summed E-state index contributed by atoms with van der Waals surface area (Å²) in [6, 6.07) is 0. The van der Waals surface area contributed by atoms with Crippen molar-refractivity contribution in [2.75, 3.05) is 46.0 Å². The minimum atomic E-state index is 0.224. The van der Waals surface area contributed by atoms with Crippen molar-refractivity contribution >= 4 is 0 Å². The topological polar surface area (TPSA) is 47.7 Å². The number of nitrogens with two attached hydrogens (primary N) is 1. The molecule has 2 fully saturated rings. The number of morpholine rings is 1. The van der Waals surface area contributed by atoms with E-state index in [2.05, 4.69) is 4.90 Å². The maximum atomic E-state index is 5.62. The van der Waals surface area contributed by atoms with Gasteiger partial charge in [-0.2, -0.15) is 0 Å². The Hall–Kier alpha value is -0.160. The standard InChI is InChI=1S/C11H22N2O2/c12-7-11-8-13(4-6-15-11)3-5-14-9-10-1-2-10/h10-11H,1-9,12H2. The van der Waals surface area contributed by atoms with E-state index in [1.807, 2.05) is 0 Å². The van der Waals surface area contributed by atoms with Gasteiger partial charge in [-0.15, -0.1) is 0 Å². The molecular weight excluding hydrogens is 192 g/mol. The first-order valence-electron chi connectivity index (χ1n) is 6.00. The molecule has 4 nitrogen and oxygen atoms in total. The second-order valence-electron chi connectivity index (χ2n) is 4.55. The maximum Gasteiger partial charge on any atom is 0.0824 e. The summed E-state index contributed by atoms with van der Waals surface area (Å²) in [7, 11) is 0. The zero-order valence-corrected chi connectivity index (χ0v) is 9.36. The lowest BCUT2D eigenvalue weighted by atomic mass is 10.3. The number of hydrogen-bond donors (Lipinski definition) is 1. The van der Waals surface area contributed by atoms with Crippen molar-refractivity contribution in [1.82, 2.24) is 4.90 Å². The van der Waals surface area contributed by atoms with Crippen molar-refractivity contribution in [3.05, 3.63) is 0 Å². The van der Waals surface area contributed by atoms with Crippen LogP contribution < -0.4 is 5.73 Å². The highest BCUT2D eigenvalue weighted by atomic mass is 16.5. The van der Waals surface area contributed by atoms with Crippen LogP contribution in [0.3, 0.4) is 0 Å². The molecule has 2 rings (SSSR count). The van der Waals surface area contributed by atoms with Gasteiger partial charge in [0.1, 0.15) is 0 Å². The Kier molecular flexibility index (Phi) is 4.38. The molecule has 2 aliphatic rings. The van der Waals surface area contributed by atoms with Crippen molar-refractivity contribution in [2.45, 2.75) is 18.9 Å². The van der Waals surface area contributed by atoms with E-state index in [1.165, 1.54) is 12.8 Å². The van der Waals surface area contributed by atoms with Gasteiger partial charge in [0, 0.05) is 32.8 Å². The molecule has 1 unspecified atom stereocenters. The lowest BCUT2D eigenvalue weighted by molar-refractivity contribution is -0.0317. The molecule has 4 heteroatoms. The minimum Gasteiger partial charge on any atom is -0.380 e. The minimum absolute atomic E-state index is 0.224. The van der Waals surface area contributed by atoms with Crippen LogP contribution in [0.25, 0.3) is 0 Å². The van der Waals surface area contributed by atoms with Gasteiger partial charge in [-0.3, -0.25) is 4.90 Å². The summed E-state index contributed by atoms with van der Waals surface area (Å²) in [5.74, 6) is 0.867. The van der Waals surface area contributed by atoms with Crippen LogP contribution in [-0.4, -0.2) is 57.0 Å². The number of nitrogens with zero attached hydrogens (tertiary/aromatic N) is 1. The van der Waals surface area contributed by atoms with Crippen LogP contribution in [0, 0.1) is 5.92 Å². The van der Waals surface area contributed by atoms with E-state index < -0.39 is 0 Å². The van der Waals surface area contributed by atoms with Crippen LogP contribution in [0.5, 0.6) is 0 Å². The Balaban J connectivity index is 1.52. The number of hydrogen-bond acceptors (Lipinski definition) is 4. The van der Waals surface area contributed by atoms with Crippen LogP contribution in [0.1, 0.15) is 12.8 Å². The first-order valence-corrected chi connectivity index (χ1v) is 6.00. The Morgan fingerprint density at radius 2 is 2.27 bits per heavy atom. The summed E-state index contributed by atoms with van der Waals surface area (Å²) >= 11 is 0. The van der Waals surface area contributed by atoms with Crippen LogP contribution in [0.15, 0.2) is 0 Å². The summed E-state index contributed by atoms with van der Waals surface area (Å²) in [5.41, 5.74) is 5.59. The van der Waals surface area contributed by atoms with Crippen molar-refractivity contribution < 1.29 is 9.47 Å². The van der Waals surface area contributed by atoms with E-state index in [0.29, 0.717) is 6.54 Å². The molecule has 2 N–H and O–H groups in total. The van der Waals surface area contributed by atoms with E-state index >= 15 is 0 Å². The molecule has 0 spiro atoms. The summed E-state index contributed by atoms with van der Waals surface area (Å²) in [5, 5.41) is 0. The molecule has 1 atom stereocenters. The highest BCUT2D eigenvalue weighted by Gasteiger charge is 2.22. The Labute approximate surface area is 91.7 Å². The molecule has 0 aromatic carbocycles. The molecule has 0 aromatic heterocycles. The lowest BCUT2D eigenvalue weighted by Crippen LogP contribution is -2.46. The first kappa shape index (κ1) is 11.3. The lowest BCUT2D eigenvalue weighted by Gasteiger charge is -2.32. The highest BCUT2D eigenvalue weighted by molar-refractivity contribution is 4.73. The molecular formula is C11H22N2O2. The Morgan fingerprint density at radius 1 is 1.40 bits per heavy atom. The highest BCUT2D eigenvalue weighted by Crippen LogP contribution is 2.28. The molecule has 0 radical (unpaired) electrons. The van der Waals surface area contributed by atoms with Gasteiger partial charge in [0.05, 0.1) is 19.3 Å². The third-order valence-corrected chi connectivity index (χ3v) is 3.09. The third-order valence-electron chi connectivity index (χ3n) is 3.09. The molecule has 88 valence electrons. The predicted molar refractivity (Wildman–Crippen MR) is 58.8 cm³/mol. The zero-order valence-electron chi connectivity index (χ0n) is 9.36. The quantitative estimate of drug-likeness (QED) is 0.636. The van der Waals surface area contributed by atoms with E-state index in [0.717, 1.165) is 45.4 Å². The Bertz CT molecular complexity index is 185. The molecule has 0 aromatic rings. The normalized spacial score (nSPS) is 28.2. The fraction of sp³-hybridized carbons (Fsp3) is 1.00. The molecule has 1 heterocycles. The summed E-state index contributed by atoms with van der Waals surface area (Å²) in [6.07, 6.45) is 2.96. The van der Waals surface area contributed by atoms with E-state index in [-0.39, 0.29) is 6.10 Å². The van der Waals surface area contributed by atoms with Gasteiger partial charge in [-0.1, -0.05) is 0 Å². The van der Waals surface area contributed by atoms with Crippen molar-refractivity contribution in [1.29, 1.82) is 0 Å². The van der Waals surface area contributed by atoms with Crippen molar-refractivity contribution in [2.24, 2.45) is 11.7 Å². The molecule has 1 aliphatic heterocycles. The van der Waals surface area contributed by atoms with Gasteiger partial charge in [-0.05, 0) is 18.8 Å². The van der Waals surface area contributed by atoms with Crippen molar-refractivity contribution in [3.8, 4) is 0 Å². The SMILES string of the molecule is NCC1CN(CCOCC2CC2)CCO1. The van der Waals surface area contributed by atoms with Gasteiger partial charge in [-0.25, -0.2) is 0 Å². The van der Waals surface area contributed by atoms with Gasteiger partial charge in [0.2, 0.25) is 0 Å². The molecule has 1 aliphatic carbocycles. The third kappa shape index (κ3) is 4.07. The van der Waals surface area contributed by atoms with Crippen LogP contribution in [0.4, 0.5) is 0 Å². The second kappa shape index (κ2) is 5.80. The van der Waals surface area contributed by atoms with Crippen LogP contribution in [0.2, 0.25) is 0 Å². The molecule has 0 amide bonds.